The van der Waals surface area contributed by atoms with Crippen molar-refractivity contribution in [2.45, 2.75) is 33.1 Å². The molecule has 5 heteroatoms. The minimum atomic E-state index is -0.305. The second-order valence-corrected chi connectivity index (χ2v) is 7.51. The lowest BCUT2D eigenvalue weighted by atomic mass is 9.96. The van der Waals surface area contributed by atoms with Gasteiger partial charge in [0.15, 0.2) is 5.11 Å². The van der Waals surface area contributed by atoms with Crippen molar-refractivity contribution in [3.63, 3.8) is 0 Å². The highest BCUT2D eigenvalue weighted by molar-refractivity contribution is 7.80. The summed E-state index contributed by atoms with van der Waals surface area (Å²) in [6, 6.07) is 15.6. The number of ether oxygens (including phenoxy) is 1. The van der Waals surface area contributed by atoms with Crippen LogP contribution < -0.4 is 15.4 Å². The molecule has 1 atom stereocenters. The van der Waals surface area contributed by atoms with E-state index in [4.69, 9.17) is 17.0 Å². The van der Waals surface area contributed by atoms with E-state index >= 15 is 0 Å². The molecule has 0 saturated heterocycles. The van der Waals surface area contributed by atoms with E-state index in [2.05, 4.69) is 43.2 Å². The van der Waals surface area contributed by atoms with Gasteiger partial charge in [0.1, 0.15) is 12.4 Å². The highest BCUT2D eigenvalue weighted by atomic mass is 32.1. The molecule has 0 aliphatic heterocycles. The van der Waals surface area contributed by atoms with E-state index in [1.54, 1.807) is 6.08 Å². The molecule has 2 aromatic carbocycles. The molecule has 0 saturated carbocycles. The second-order valence-electron chi connectivity index (χ2n) is 7.10. The van der Waals surface area contributed by atoms with Gasteiger partial charge in [0, 0.05) is 0 Å². The van der Waals surface area contributed by atoms with Crippen molar-refractivity contribution >= 4 is 28.9 Å². The third-order valence-electron chi connectivity index (χ3n) is 4.25. The summed E-state index contributed by atoms with van der Waals surface area (Å²) in [5.41, 5.74) is 2.93. The molecule has 0 aliphatic carbocycles. The van der Waals surface area contributed by atoms with Crippen LogP contribution in [0.5, 0.6) is 5.75 Å². The number of para-hydroxylation sites is 2. The van der Waals surface area contributed by atoms with Gasteiger partial charge in [0.2, 0.25) is 5.91 Å². The van der Waals surface area contributed by atoms with Crippen LogP contribution in [-0.4, -0.2) is 17.6 Å². The van der Waals surface area contributed by atoms with Gasteiger partial charge in [-0.15, -0.1) is 0 Å². The van der Waals surface area contributed by atoms with Gasteiger partial charge in [0.25, 0.3) is 0 Å². The van der Waals surface area contributed by atoms with Gasteiger partial charge >= 0.3 is 0 Å². The van der Waals surface area contributed by atoms with Crippen molar-refractivity contribution in [2.24, 2.45) is 5.92 Å². The first kappa shape index (κ1) is 21.6. The minimum Gasteiger partial charge on any atom is -0.487 e. The Balaban J connectivity index is 1.96. The average Bonchev–Trinajstić information content (AvgIpc) is 2.66. The zero-order valence-corrected chi connectivity index (χ0v) is 17.5. The maximum Gasteiger partial charge on any atom is 0.233 e. The zero-order valence-electron chi connectivity index (χ0n) is 16.7. The number of carbonyl (C=O) groups is 1. The highest BCUT2D eigenvalue weighted by Gasteiger charge is 2.17. The molecule has 4 nitrogen and oxygen atoms in total. The van der Waals surface area contributed by atoms with Gasteiger partial charge in [-0.2, -0.15) is 0 Å². The molecule has 148 valence electrons. The second kappa shape index (κ2) is 10.6. The van der Waals surface area contributed by atoms with E-state index in [1.807, 2.05) is 43.3 Å². The summed E-state index contributed by atoms with van der Waals surface area (Å²) in [6.45, 7) is 10.3. The van der Waals surface area contributed by atoms with Gasteiger partial charge in [0.05, 0.1) is 11.6 Å². The average molecular weight is 397 g/mol. The molecule has 0 heterocycles. The van der Waals surface area contributed by atoms with E-state index < -0.39 is 0 Å². The summed E-state index contributed by atoms with van der Waals surface area (Å²) in [6.07, 6.45) is 2.70. The summed E-state index contributed by atoms with van der Waals surface area (Å²) in [5, 5.41) is 6.03. The van der Waals surface area contributed by atoms with Gasteiger partial charge in [-0.25, -0.2) is 0 Å². The fraction of sp³-hybridized carbons (Fsp3) is 0.304. The topological polar surface area (TPSA) is 50.4 Å². The number of thiocarbonyl (C=S) groups is 1. The maximum atomic E-state index is 12.6. The molecular formula is C23H28N2O2S. The third kappa shape index (κ3) is 6.50. The Kier molecular flexibility index (Phi) is 8.20. The van der Waals surface area contributed by atoms with E-state index in [-0.39, 0.29) is 16.9 Å². The van der Waals surface area contributed by atoms with Crippen LogP contribution in [0, 0.1) is 5.92 Å². The molecule has 2 N–H and O–H groups in total. The van der Waals surface area contributed by atoms with Crippen LogP contribution in [-0.2, 0) is 11.2 Å². The molecule has 0 aliphatic rings. The summed E-state index contributed by atoms with van der Waals surface area (Å²) < 4.78 is 5.59. The molecule has 1 unspecified atom stereocenters. The Morgan fingerprint density at radius 3 is 2.46 bits per heavy atom. The van der Waals surface area contributed by atoms with Gasteiger partial charge in [-0.3, -0.25) is 4.79 Å². The SMILES string of the molecule is C=CCOc1ccccc1NC(=S)NC(=O)C(C)c1ccc(CC(C)C)cc1. The first-order valence-corrected chi connectivity index (χ1v) is 9.85. The van der Waals surface area contributed by atoms with E-state index in [9.17, 15) is 4.79 Å². The fourth-order valence-corrected chi connectivity index (χ4v) is 2.99. The van der Waals surface area contributed by atoms with Crippen molar-refractivity contribution in [1.82, 2.24) is 5.32 Å². The molecule has 0 radical (unpaired) electrons. The number of rotatable bonds is 8. The molecule has 0 fully saturated rings. The molecule has 2 aromatic rings. The van der Waals surface area contributed by atoms with E-state index in [0.29, 0.717) is 24.0 Å². The monoisotopic (exact) mass is 396 g/mol. The predicted octanol–water partition coefficient (Wildman–Crippen LogP) is 5.07. The van der Waals surface area contributed by atoms with Crippen LogP contribution in [0.25, 0.3) is 0 Å². The van der Waals surface area contributed by atoms with Crippen molar-refractivity contribution in [3.05, 3.63) is 72.3 Å². The molecule has 28 heavy (non-hydrogen) atoms. The number of hydrogen-bond donors (Lipinski definition) is 2. The van der Waals surface area contributed by atoms with Crippen LogP contribution in [0.15, 0.2) is 61.2 Å². The van der Waals surface area contributed by atoms with Crippen LogP contribution in [0.4, 0.5) is 5.69 Å². The number of anilines is 1. The largest absolute Gasteiger partial charge is 0.487 e. The number of amides is 1. The molecule has 1 amide bonds. The Hall–Kier alpha value is -2.66. The zero-order chi connectivity index (χ0) is 20.5. The lowest BCUT2D eigenvalue weighted by Crippen LogP contribution is -2.36. The van der Waals surface area contributed by atoms with Gasteiger partial charge in [-0.05, 0) is 54.7 Å². The smallest absolute Gasteiger partial charge is 0.233 e. The lowest BCUT2D eigenvalue weighted by molar-refractivity contribution is -0.120. The number of benzene rings is 2. The highest BCUT2D eigenvalue weighted by Crippen LogP contribution is 2.24. The Bertz CT molecular complexity index is 816. The summed E-state index contributed by atoms with van der Waals surface area (Å²) in [4.78, 5) is 12.6. The van der Waals surface area contributed by atoms with E-state index in [1.165, 1.54) is 5.56 Å². The standard InChI is InChI=1S/C23H28N2O2S/c1-5-14-27-21-9-7-6-8-20(21)24-23(28)25-22(26)17(4)19-12-10-18(11-13-19)15-16(2)3/h5-13,16-17H,1,14-15H2,2-4H3,(H2,24,25,26,28). The van der Waals surface area contributed by atoms with Crippen molar-refractivity contribution in [2.75, 3.05) is 11.9 Å². The maximum absolute atomic E-state index is 12.6. The third-order valence-corrected chi connectivity index (χ3v) is 4.45. The Morgan fingerprint density at radius 1 is 1.14 bits per heavy atom. The van der Waals surface area contributed by atoms with Gasteiger partial charge < -0.3 is 15.4 Å². The lowest BCUT2D eigenvalue weighted by Gasteiger charge is -2.16. The number of hydrogen-bond acceptors (Lipinski definition) is 3. The first-order valence-electron chi connectivity index (χ1n) is 9.44. The molecule has 2 rings (SSSR count). The van der Waals surface area contributed by atoms with Crippen molar-refractivity contribution in [3.8, 4) is 5.75 Å². The fourth-order valence-electron chi connectivity index (χ4n) is 2.78. The summed E-state index contributed by atoms with van der Waals surface area (Å²) in [5.74, 6) is 0.792. The van der Waals surface area contributed by atoms with Crippen LogP contribution in [0.1, 0.15) is 37.8 Å². The number of carbonyl (C=O) groups excluding carboxylic acids is 1. The van der Waals surface area contributed by atoms with Crippen LogP contribution in [0.2, 0.25) is 0 Å². The molecule has 0 spiro atoms. The Morgan fingerprint density at radius 2 is 1.82 bits per heavy atom. The first-order chi connectivity index (χ1) is 13.4. The van der Waals surface area contributed by atoms with E-state index in [0.717, 1.165) is 12.0 Å². The van der Waals surface area contributed by atoms with Crippen molar-refractivity contribution < 1.29 is 9.53 Å². The quantitative estimate of drug-likeness (QED) is 0.483. The van der Waals surface area contributed by atoms with Gasteiger partial charge in [-0.1, -0.05) is 62.9 Å². The molecule has 0 bridgehead atoms. The normalized spacial score (nSPS) is 11.6. The summed E-state index contributed by atoms with van der Waals surface area (Å²) >= 11 is 5.30. The van der Waals surface area contributed by atoms with Crippen LogP contribution >= 0.6 is 12.2 Å². The summed E-state index contributed by atoms with van der Waals surface area (Å²) in [7, 11) is 0. The number of nitrogens with one attached hydrogen (secondary N) is 2. The minimum absolute atomic E-state index is 0.154. The predicted molar refractivity (Wildman–Crippen MR) is 120 cm³/mol. The van der Waals surface area contributed by atoms with Crippen LogP contribution in [0.3, 0.4) is 0 Å². The Labute approximate surface area is 173 Å². The molecular weight excluding hydrogens is 368 g/mol. The van der Waals surface area contributed by atoms with Crippen molar-refractivity contribution in [1.29, 1.82) is 0 Å². The molecule has 0 aromatic heterocycles.